The molecule has 1 heterocycles. The molecule has 1 unspecified atom stereocenters. The highest BCUT2D eigenvalue weighted by atomic mass is 32.2. The van der Waals surface area contributed by atoms with Gasteiger partial charge in [0.25, 0.3) is 0 Å². The zero-order valence-electron chi connectivity index (χ0n) is 11.1. The van der Waals surface area contributed by atoms with E-state index in [-0.39, 0.29) is 11.0 Å². The van der Waals surface area contributed by atoms with Gasteiger partial charge >= 0.3 is 0 Å². The summed E-state index contributed by atoms with van der Waals surface area (Å²) in [7, 11) is -2.07. The summed E-state index contributed by atoms with van der Waals surface area (Å²) in [6.45, 7) is 4.16. The smallest absolute Gasteiger partial charge is 0.240 e. The van der Waals surface area contributed by atoms with E-state index in [1.54, 1.807) is 12.1 Å². The molecule has 0 radical (unpaired) electrons. The third-order valence-electron chi connectivity index (χ3n) is 3.16. The number of morpholine rings is 1. The topological polar surface area (TPSA) is 84.7 Å². The third-order valence-corrected chi connectivity index (χ3v) is 4.57. The predicted octanol–water partition coefficient (Wildman–Crippen LogP) is 0.402. The molecule has 1 aliphatic rings. The monoisotopic (exact) mass is 285 g/mol. The fraction of sp³-hybridized carbons (Fsp3) is 0.500. The second kappa shape index (κ2) is 5.36. The van der Waals surface area contributed by atoms with E-state index >= 15 is 0 Å². The van der Waals surface area contributed by atoms with Gasteiger partial charge in [0.15, 0.2) is 0 Å². The number of nitrogen functional groups attached to an aromatic ring is 1. The summed E-state index contributed by atoms with van der Waals surface area (Å²) in [6.07, 6.45) is 0.147. The molecular weight excluding hydrogens is 266 g/mol. The molecule has 7 heteroatoms. The molecule has 1 aromatic carbocycles. The van der Waals surface area contributed by atoms with Gasteiger partial charge in [-0.05, 0) is 32.2 Å². The quantitative estimate of drug-likeness (QED) is 0.785. The van der Waals surface area contributed by atoms with Gasteiger partial charge in [-0.2, -0.15) is 0 Å². The number of sulfonamides is 1. The van der Waals surface area contributed by atoms with Gasteiger partial charge in [0.1, 0.15) is 0 Å². The molecule has 2 rings (SSSR count). The van der Waals surface area contributed by atoms with Gasteiger partial charge in [0.05, 0.1) is 29.0 Å². The molecule has 1 saturated heterocycles. The van der Waals surface area contributed by atoms with Gasteiger partial charge in [-0.15, -0.1) is 0 Å². The predicted molar refractivity (Wildman–Crippen MR) is 74.7 cm³/mol. The van der Waals surface area contributed by atoms with Crippen molar-refractivity contribution in [3.8, 4) is 0 Å². The Morgan fingerprint density at radius 2 is 2.21 bits per heavy atom. The minimum atomic E-state index is -3.45. The highest BCUT2D eigenvalue weighted by Crippen LogP contribution is 2.27. The lowest BCUT2D eigenvalue weighted by atomic mass is 10.2. The van der Waals surface area contributed by atoms with Crippen LogP contribution in [0.5, 0.6) is 0 Å². The molecule has 1 atom stereocenters. The van der Waals surface area contributed by atoms with Gasteiger partial charge in [-0.3, -0.25) is 0 Å². The summed E-state index contributed by atoms with van der Waals surface area (Å²) in [5.74, 6) is 0. The Labute approximate surface area is 113 Å². The minimum absolute atomic E-state index is 0.147. The van der Waals surface area contributed by atoms with E-state index in [2.05, 4.69) is 9.62 Å². The summed E-state index contributed by atoms with van der Waals surface area (Å²) in [4.78, 5) is 2.29. The number of hydrogen-bond acceptors (Lipinski definition) is 5. The molecule has 1 aliphatic heterocycles. The Hall–Kier alpha value is -1.31. The van der Waals surface area contributed by atoms with Crippen LogP contribution in [0.25, 0.3) is 0 Å². The molecule has 1 fully saturated rings. The van der Waals surface area contributed by atoms with Crippen molar-refractivity contribution in [2.45, 2.75) is 17.9 Å². The zero-order valence-corrected chi connectivity index (χ0v) is 11.9. The standard InChI is InChI=1S/C12H19N3O3S/c1-9-8-15(5-6-18-9)12-4-3-10(7-11(12)13)19(16,17)14-2/h3-4,7,9,14H,5-6,8,13H2,1-2H3. The molecule has 6 nitrogen and oxygen atoms in total. The highest BCUT2D eigenvalue weighted by Gasteiger charge is 2.20. The summed E-state index contributed by atoms with van der Waals surface area (Å²) < 4.78 is 31.1. The van der Waals surface area contributed by atoms with Crippen LogP contribution in [-0.4, -0.2) is 41.3 Å². The average Bonchev–Trinajstić information content (AvgIpc) is 2.38. The molecule has 0 spiro atoms. The maximum atomic E-state index is 11.7. The summed E-state index contributed by atoms with van der Waals surface area (Å²) in [5.41, 5.74) is 7.29. The van der Waals surface area contributed by atoms with Crippen molar-refractivity contribution in [1.82, 2.24) is 4.72 Å². The number of nitrogens with one attached hydrogen (secondary N) is 1. The van der Waals surface area contributed by atoms with Crippen LogP contribution in [0.4, 0.5) is 11.4 Å². The Morgan fingerprint density at radius 3 is 2.79 bits per heavy atom. The van der Waals surface area contributed by atoms with Crippen LogP contribution in [0.15, 0.2) is 23.1 Å². The lowest BCUT2D eigenvalue weighted by molar-refractivity contribution is 0.0533. The molecule has 0 aliphatic carbocycles. The van der Waals surface area contributed by atoms with Crippen molar-refractivity contribution in [3.63, 3.8) is 0 Å². The number of benzene rings is 1. The van der Waals surface area contributed by atoms with E-state index in [1.807, 2.05) is 6.92 Å². The van der Waals surface area contributed by atoms with E-state index in [9.17, 15) is 8.42 Å². The number of anilines is 2. The Bertz CT molecular complexity index is 559. The SMILES string of the molecule is CNS(=O)(=O)c1ccc(N2CCOC(C)C2)c(N)c1. The van der Waals surface area contributed by atoms with Crippen LogP contribution < -0.4 is 15.4 Å². The fourth-order valence-electron chi connectivity index (χ4n) is 2.14. The Morgan fingerprint density at radius 1 is 1.47 bits per heavy atom. The lowest BCUT2D eigenvalue weighted by Gasteiger charge is -2.33. The van der Waals surface area contributed by atoms with Gasteiger partial charge < -0.3 is 15.4 Å². The van der Waals surface area contributed by atoms with Crippen LogP contribution in [0.3, 0.4) is 0 Å². The second-order valence-electron chi connectivity index (χ2n) is 4.56. The van der Waals surface area contributed by atoms with Gasteiger partial charge in [0.2, 0.25) is 10.0 Å². The maximum Gasteiger partial charge on any atom is 0.240 e. The molecular formula is C12H19N3O3S. The first-order chi connectivity index (χ1) is 8.94. The van der Waals surface area contributed by atoms with Crippen molar-refractivity contribution in [3.05, 3.63) is 18.2 Å². The molecule has 106 valence electrons. The largest absolute Gasteiger partial charge is 0.397 e. The highest BCUT2D eigenvalue weighted by molar-refractivity contribution is 7.89. The third kappa shape index (κ3) is 2.99. The number of rotatable bonds is 3. The fourth-order valence-corrected chi connectivity index (χ4v) is 2.91. The van der Waals surface area contributed by atoms with Gasteiger partial charge in [0, 0.05) is 13.1 Å². The first-order valence-corrected chi connectivity index (χ1v) is 7.62. The van der Waals surface area contributed by atoms with Gasteiger partial charge in [-0.25, -0.2) is 13.1 Å². The summed E-state index contributed by atoms with van der Waals surface area (Å²) in [6, 6.07) is 4.80. The number of ether oxygens (including phenoxy) is 1. The second-order valence-corrected chi connectivity index (χ2v) is 6.44. The van der Waals surface area contributed by atoms with Crippen LogP contribution in [0.2, 0.25) is 0 Å². The van der Waals surface area contributed by atoms with Crippen molar-refractivity contribution >= 4 is 21.4 Å². The number of hydrogen-bond donors (Lipinski definition) is 2. The molecule has 0 bridgehead atoms. The molecule has 3 N–H and O–H groups in total. The van der Waals surface area contributed by atoms with E-state index in [4.69, 9.17) is 10.5 Å². The van der Waals surface area contributed by atoms with Crippen LogP contribution in [0.1, 0.15) is 6.92 Å². The average molecular weight is 285 g/mol. The first kappa shape index (κ1) is 14.1. The Balaban J connectivity index is 2.29. The first-order valence-electron chi connectivity index (χ1n) is 6.13. The number of nitrogens with two attached hydrogens (primary N) is 1. The molecule has 0 aromatic heterocycles. The van der Waals surface area contributed by atoms with Crippen LogP contribution in [-0.2, 0) is 14.8 Å². The van der Waals surface area contributed by atoms with Gasteiger partial charge in [-0.1, -0.05) is 0 Å². The van der Waals surface area contributed by atoms with Crippen molar-refractivity contribution in [1.29, 1.82) is 0 Å². The van der Waals surface area contributed by atoms with Crippen molar-refractivity contribution in [2.24, 2.45) is 0 Å². The maximum absolute atomic E-state index is 11.7. The summed E-state index contributed by atoms with van der Waals surface area (Å²) in [5, 5.41) is 0. The zero-order chi connectivity index (χ0) is 14.0. The van der Waals surface area contributed by atoms with Crippen molar-refractivity contribution < 1.29 is 13.2 Å². The molecule has 19 heavy (non-hydrogen) atoms. The van der Waals surface area contributed by atoms with Crippen LogP contribution in [0, 0.1) is 0 Å². The van der Waals surface area contributed by atoms with E-state index < -0.39 is 10.0 Å². The normalized spacial score (nSPS) is 20.5. The molecule has 0 amide bonds. The molecule has 1 aromatic rings. The summed E-state index contributed by atoms with van der Waals surface area (Å²) >= 11 is 0. The van der Waals surface area contributed by atoms with Crippen LogP contribution >= 0.6 is 0 Å². The molecule has 0 saturated carbocycles. The van der Waals surface area contributed by atoms with E-state index in [0.29, 0.717) is 12.3 Å². The number of nitrogens with zero attached hydrogens (tertiary/aromatic N) is 1. The van der Waals surface area contributed by atoms with Crippen molar-refractivity contribution in [2.75, 3.05) is 37.4 Å². The lowest BCUT2D eigenvalue weighted by Crippen LogP contribution is -2.41. The Kier molecular flexibility index (Phi) is 3.98. The minimum Gasteiger partial charge on any atom is -0.397 e. The van der Waals surface area contributed by atoms with E-state index in [1.165, 1.54) is 13.1 Å². The van der Waals surface area contributed by atoms with E-state index in [0.717, 1.165) is 18.8 Å².